The summed E-state index contributed by atoms with van der Waals surface area (Å²) in [7, 11) is 0. The van der Waals surface area contributed by atoms with Crippen molar-refractivity contribution < 1.29 is 14.3 Å². The van der Waals surface area contributed by atoms with Crippen molar-refractivity contribution in [2.24, 2.45) is 0 Å². The summed E-state index contributed by atoms with van der Waals surface area (Å²) in [6, 6.07) is 3.52. The maximum absolute atomic E-state index is 12.2. The second-order valence-electron chi connectivity index (χ2n) is 4.71. The summed E-state index contributed by atoms with van der Waals surface area (Å²) < 4.78 is 6.76. The van der Waals surface area contributed by atoms with Gasteiger partial charge in [-0.2, -0.15) is 4.98 Å². The summed E-state index contributed by atoms with van der Waals surface area (Å²) in [6.45, 7) is 4.03. The van der Waals surface area contributed by atoms with E-state index < -0.39 is 5.97 Å². The van der Waals surface area contributed by atoms with E-state index in [1.54, 1.807) is 12.1 Å². The Bertz CT molecular complexity index is 686. The van der Waals surface area contributed by atoms with Crippen molar-refractivity contribution in [1.29, 1.82) is 0 Å². The van der Waals surface area contributed by atoms with Crippen LogP contribution in [0.1, 0.15) is 36.6 Å². The normalized spacial score (nSPS) is 10.8. The van der Waals surface area contributed by atoms with Gasteiger partial charge in [0.2, 0.25) is 0 Å². The highest BCUT2D eigenvalue weighted by molar-refractivity contribution is 5.71. The number of aliphatic carboxylic acids is 1. The fraction of sp³-hybridized carbons (Fsp3) is 0.400. The van der Waals surface area contributed by atoms with Gasteiger partial charge in [0, 0.05) is 11.3 Å². The van der Waals surface area contributed by atoms with Crippen LogP contribution in [0, 0.1) is 0 Å². The number of aryl methyl sites for hydroxylation is 1. The highest BCUT2D eigenvalue weighted by atomic mass is 16.4. The van der Waals surface area contributed by atoms with Crippen LogP contribution in [0.3, 0.4) is 0 Å². The molecular formula is C15H18N2O4. The quantitative estimate of drug-likeness (QED) is 0.874. The molecule has 0 unspecified atom stereocenters. The second kappa shape index (κ2) is 6.39. The van der Waals surface area contributed by atoms with Crippen LogP contribution in [0.15, 0.2) is 27.6 Å². The summed E-state index contributed by atoms with van der Waals surface area (Å²) in [5.41, 5.74) is 1.55. The lowest BCUT2D eigenvalue weighted by atomic mass is 10.0. The minimum absolute atomic E-state index is 0.127. The molecule has 0 aliphatic carbocycles. The summed E-state index contributed by atoms with van der Waals surface area (Å²) in [5.74, 6) is -0.288. The Balaban J connectivity index is 2.58. The average molecular weight is 290 g/mol. The van der Waals surface area contributed by atoms with Crippen molar-refractivity contribution >= 4 is 5.97 Å². The number of hydrogen-bond acceptors (Lipinski definition) is 4. The molecule has 2 heterocycles. The molecular weight excluding hydrogens is 272 g/mol. The van der Waals surface area contributed by atoms with Gasteiger partial charge in [-0.15, -0.1) is 0 Å². The molecule has 0 aliphatic heterocycles. The number of carboxylic acids is 1. The molecule has 2 aromatic rings. The van der Waals surface area contributed by atoms with E-state index in [2.05, 4.69) is 4.98 Å². The first-order valence-corrected chi connectivity index (χ1v) is 6.92. The Hall–Kier alpha value is -2.37. The Morgan fingerprint density at radius 3 is 2.67 bits per heavy atom. The van der Waals surface area contributed by atoms with Crippen molar-refractivity contribution in [3.8, 4) is 0 Å². The van der Waals surface area contributed by atoms with Gasteiger partial charge < -0.3 is 9.52 Å². The van der Waals surface area contributed by atoms with E-state index in [4.69, 9.17) is 9.52 Å². The third-order valence-electron chi connectivity index (χ3n) is 3.38. The third-order valence-corrected chi connectivity index (χ3v) is 3.38. The van der Waals surface area contributed by atoms with Gasteiger partial charge in [-0.1, -0.05) is 13.8 Å². The highest BCUT2D eigenvalue weighted by Gasteiger charge is 2.18. The molecule has 6 nitrogen and oxygen atoms in total. The van der Waals surface area contributed by atoms with Gasteiger partial charge in [-0.05, 0) is 25.0 Å². The number of nitrogens with zero attached hydrogens (tertiary/aromatic N) is 2. The minimum atomic E-state index is -0.926. The Labute approximate surface area is 122 Å². The standard InChI is InChI=1S/C15H18N2O4/c1-3-12-11(8-14(18)19)13(4-2)17(15(20)16-12)9-10-6-5-7-21-10/h5-7H,3-4,8-9H2,1-2H3,(H,18,19). The fourth-order valence-electron chi connectivity index (χ4n) is 2.46. The van der Waals surface area contributed by atoms with E-state index >= 15 is 0 Å². The van der Waals surface area contributed by atoms with Crippen LogP contribution in [0.5, 0.6) is 0 Å². The molecule has 2 aromatic heterocycles. The molecule has 112 valence electrons. The predicted octanol–water partition coefficient (Wildman–Crippen LogP) is 1.64. The van der Waals surface area contributed by atoms with Crippen molar-refractivity contribution in [2.75, 3.05) is 0 Å². The molecule has 0 fully saturated rings. The van der Waals surface area contributed by atoms with Gasteiger partial charge in [0.1, 0.15) is 5.76 Å². The van der Waals surface area contributed by atoms with Gasteiger partial charge in [0.05, 0.1) is 24.9 Å². The van der Waals surface area contributed by atoms with Gasteiger partial charge in [0.25, 0.3) is 0 Å². The van der Waals surface area contributed by atoms with Gasteiger partial charge in [0.15, 0.2) is 0 Å². The van der Waals surface area contributed by atoms with Crippen LogP contribution in [0.2, 0.25) is 0 Å². The van der Waals surface area contributed by atoms with E-state index in [1.807, 2.05) is 13.8 Å². The summed E-state index contributed by atoms with van der Waals surface area (Å²) >= 11 is 0. The van der Waals surface area contributed by atoms with E-state index in [1.165, 1.54) is 10.8 Å². The summed E-state index contributed by atoms with van der Waals surface area (Å²) in [6.07, 6.45) is 2.51. The largest absolute Gasteiger partial charge is 0.481 e. The molecule has 0 saturated carbocycles. The fourth-order valence-corrected chi connectivity index (χ4v) is 2.46. The van der Waals surface area contributed by atoms with Crippen molar-refractivity contribution in [2.45, 2.75) is 39.7 Å². The Kier molecular flexibility index (Phi) is 4.57. The molecule has 6 heteroatoms. The molecule has 21 heavy (non-hydrogen) atoms. The van der Waals surface area contributed by atoms with Crippen LogP contribution in [-0.2, 0) is 30.6 Å². The van der Waals surface area contributed by atoms with Crippen LogP contribution in [0.4, 0.5) is 0 Å². The lowest BCUT2D eigenvalue weighted by Crippen LogP contribution is -2.30. The lowest BCUT2D eigenvalue weighted by molar-refractivity contribution is -0.136. The zero-order valence-corrected chi connectivity index (χ0v) is 12.1. The molecule has 0 amide bonds. The van der Waals surface area contributed by atoms with Crippen LogP contribution < -0.4 is 5.69 Å². The zero-order valence-electron chi connectivity index (χ0n) is 12.1. The van der Waals surface area contributed by atoms with Crippen molar-refractivity contribution in [3.05, 3.63) is 51.6 Å². The van der Waals surface area contributed by atoms with Crippen LogP contribution in [-0.4, -0.2) is 20.6 Å². The molecule has 0 bridgehead atoms. The van der Waals surface area contributed by atoms with Gasteiger partial charge in [-0.25, -0.2) is 4.79 Å². The second-order valence-corrected chi connectivity index (χ2v) is 4.71. The Morgan fingerprint density at radius 2 is 2.14 bits per heavy atom. The van der Waals surface area contributed by atoms with Crippen molar-refractivity contribution in [3.63, 3.8) is 0 Å². The van der Waals surface area contributed by atoms with Gasteiger partial charge in [-0.3, -0.25) is 9.36 Å². The first kappa shape index (κ1) is 15.0. The van der Waals surface area contributed by atoms with Crippen LogP contribution in [0.25, 0.3) is 0 Å². The first-order valence-electron chi connectivity index (χ1n) is 6.92. The van der Waals surface area contributed by atoms with Crippen molar-refractivity contribution in [1.82, 2.24) is 9.55 Å². The maximum Gasteiger partial charge on any atom is 0.348 e. The molecule has 0 spiro atoms. The predicted molar refractivity (Wildman–Crippen MR) is 76.4 cm³/mol. The number of furan rings is 1. The van der Waals surface area contributed by atoms with E-state index in [0.29, 0.717) is 35.6 Å². The zero-order chi connectivity index (χ0) is 15.4. The summed E-state index contributed by atoms with van der Waals surface area (Å²) in [5, 5.41) is 9.09. The monoisotopic (exact) mass is 290 g/mol. The van der Waals surface area contributed by atoms with E-state index in [0.717, 1.165) is 0 Å². The smallest absolute Gasteiger partial charge is 0.348 e. The maximum atomic E-state index is 12.2. The highest BCUT2D eigenvalue weighted by Crippen LogP contribution is 2.15. The average Bonchev–Trinajstić information content (AvgIpc) is 2.94. The topological polar surface area (TPSA) is 85.3 Å². The molecule has 0 aliphatic rings. The number of carbonyl (C=O) groups is 1. The summed E-state index contributed by atoms with van der Waals surface area (Å²) in [4.78, 5) is 27.3. The van der Waals surface area contributed by atoms with Gasteiger partial charge >= 0.3 is 11.7 Å². The molecule has 0 saturated heterocycles. The lowest BCUT2D eigenvalue weighted by Gasteiger charge is -2.16. The molecule has 0 aromatic carbocycles. The molecule has 1 N–H and O–H groups in total. The number of carboxylic acid groups (broad SMARTS) is 1. The van der Waals surface area contributed by atoms with Crippen LogP contribution >= 0.6 is 0 Å². The Morgan fingerprint density at radius 1 is 1.38 bits per heavy atom. The minimum Gasteiger partial charge on any atom is -0.481 e. The third kappa shape index (κ3) is 3.21. The molecule has 0 radical (unpaired) electrons. The number of rotatable bonds is 6. The molecule has 0 atom stereocenters. The first-order chi connectivity index (χ1) is 10.1. The molecule has 2 rings (SSSR count). The number of hydrogen-bond donors (Lipinski definition) is 1. The van der Waals surface area contributed by atoms with E-state index in [9.17, 15) is 9.59 Å². The SMILES string of the molecule is CCc1nc(=O)n(Cc2ccco2)c(CC)c1CC(=O)O. The number of aromatic nitrogens is 2. The van der Waals surface area contributed by atoms with E-state index in [-0.39, 0.29) is 18.7 Å².